The van der Waals surface area contributed by atoms with Gasteiger partial charge in [0.1, 0.15) is 22.6 Å². The van der Waals surface area contributed by atoms with E-state index in [9.17, 15) is 22.8 Å². The molecule has 2 rings (SSSR count). The molecule has 0 spiro atoms. The standard InChI is InChI=1S/C10H9Cl2N3O6S.Na.H/c11-5-1-14(2-6(12)9(5)17)4-8(16)13-7-3-15(10(7)18)22(19,20)21;;/h1-2,7H,3-4H2,(H,13,16)(H,19,20,21);;/q;+1;-1. The van der Waals surface area contributed by atoms with Gasteiger partial charge in [-0.25, -0.2) is 4.31 Å². The molecule has 0 saturated carbocycles. The van der Waals surface area contributed by atoms with Gasteiger partial charge in [0.05, 0.1) is 6.54 Å². The van der Waals surface area contributed by atoms with Gasteiger partial charge in [-0.05, 0) is 0 Å². The first-order valence-corrected chi connectivity index (χ1v) is 7.88. The molecule has 122 valence electrons. The second-order valence-corrected chi connectivity index (χ2v) is 6.57. The molecule has 2 heterocycles. The predicted molar refractivity (Wildman–Crippen MR) is 77.0 cm³/mol. The van der Waals surface area contributed by atoms with E-state index in [-0.39, 0.29) is 58.4 Å². The minimum absolute atomic E-state index is 0. The van der Waals surface area contributed by atoms with Crippen molar-refractivity contribution in [3.63, 3.8) is 0 Å². The maximum atomic E-state index is 11.7. The van der Waals surface area contributed by atoms with Crippen molar-refractivity contribution in [3.05, 3.63) is 32.7 Å². The number of rotatable bonds is 4. The van der Waals surface area contributed by atoms with Gasteiger partial charge >= 0.3 is 39.9 Å². The van der Waals surface area contributed by atoms with E-state index in [2.05, 4.69) is 5.32 Å². The minimum atomic E-state index is -4.60. The van der Waals surface area contributed by atoms with E-state index in [1.165, 1.54) is 17.0 Å². The largest absolute Gasteiger partial charge is 1.00 e. The van der Waals surface area contributed by atoms with E-state index >= 15 is 0 Å². The summed E-state index contributed by atoms with van der Waals surface area (Å²) in [6.07, 6.45) is 2.39. The minimum Gasteiger partial charge on any atom is -1.00 e. The summed E-state index contributed by atoms with van der Waals surface area (Å²) in [5, 5.41) is 1.94. The van der Waals surface area contributed by atoms with Crippen LogP contribution in [0.2, 0.25) is 10.0 Å². The number of pyridine rings is 1. The third-order valence-corrected chi connectivity index (χ3v) is 4.25. The maximum Gasteiger partial charge on any atom is 1.00 e. The average molecular weight is 394 g/mol. The van der Waals surface area contributed by atoms with Crippen LogP contribution in [0.3, 0.4) is 0 Å². The second-order valence-electron chi connectivity index (χ2n) is 4.42. The molecule has 1 aliphatic heterocycles. The summed E-state index contributed by atoms with van der Waals surface area (Å²) >= 11 is 11.3. The number of hydrogen-bond acceptors (Lipinski definition) is 5. The second kappa shape index (κ2) is 7.51. The molecule has 0 radical (unpaired) electrons. The Morgan fingerprint density at radius 1 is 1.35 bits per heavy atom. The number of halogens is 2. The number of hydrogen-bond donors (Lipinski definition) is 2. The van der Waals surface area contributed by atoms with E-state index in [0.29, 0.717) is 0 Å². The quantitative estimate of drug-likeness (QED) is 0.309. The van der Waals surface area contributed by atoms with Gasteiger partial charge in [-0.1, -0.05) is 23.2 Å². The summed E-state index contributed by atoms with van der Waals surface area (Å²) in [6.45, 7) is -0.634. The van der Waals surface area contributed by atoms with Crippen LogP contribution < -0.4 is 40.3 Å². The first-order valence-electron chi connectivity index (χ1n) is 5.73. The number of aromatic nitrogens is 1. The number of nitrogens with zero attached hydrogens (tertiary/aromatic N) is 2. The molecular weight excluding hydrogens is 384 g/mol. The van der Waals surface area contributed by atoms with E-state index < -0.39 is 33.6 Å². The van der Waals surface area contributed by atoms with Crippen molar-refractivity contribution in [2.45, 2.75) is 12.6 Å². The van der Waals surface area contributed by atoms with Gasteiger partial charge < -0.3 is 11.3 Å². The summed E-state index contributed by atoms with van der Waals surface area (Å²) in [6, 6.07) is -1.04. The molecule has 1 saturated heterocycles. The number of carbonyl (C=O) groups excluding carboxylic acids is 2. The van der Waals surface area contributed by atoms with E-state index in [1.807, 2.05) is 0 Å². The molecule has 2 amide bonds. The molecule has 9 nitrogen and oxygen atoms in total. The molecule has 1 aliphatic rings. The molecule has 0 aliphatic carbocycles. The Balaban J connectivity index is 0.00000264. The molecule has 23 heavy (non-hydrogen) atoms. The van der Waals surface area contributed by atoms with E-state index in [1.54, 1.807) is 0 Å². The fourth-order valence-corrected chi connectivity index (χ4v) is 2.96. The molecule has 1 aromatic heterocycles. The van der Waals surface area contributed by atoms with Gasteiger partial charge in [0.25, 0.3) is 5.91 Å². The number of carbonyl (C=O) groups is 2. The first kappa shape index (κ1) is 20.4. The van der Waals surface area contributed by atoms with Crippen LogP contribution in [-0.2, 0) is 26.4 Å². The third kappa shape index (κ3) is 4.69. The predicted octanol–water partition coefficient (Wildman–Crippen LogP) is -3.60. The summed E-state index contributed by atoms with van der Waals surface area (Å²) in [5.41, 5.74) is -0.571. The van der Waals surface area contributed by atoms with Crippen molar-refractivity contribution in [3.8, 4) is 0 Å². The van der Waals surface area contributed by atoms with Crippen molar-refractivity contribution in [2.75, 3.05) is 6.54 Å². The van der Waals surface area contributed by atoms with Gasteiger partial charge in [-0.2, -0.15) is 8.42 Å². The van der Waals surface area contributed by atoms with Gasteiger partial charge in [0.15, 0.2) is 0 Å². The van der Waals surface area contributed by atoms with Crippen LogP contribution in [0.1, 0.15) is 1.43 Å². The van der Waals surface area contributed by atoms with Gasteiger partial charge in [0, 0.05) is 12.4 Å². The SMILES string of the molecule is O=C(Cn1cc(Cl)c(=O)c(Cl)c1)NC1CN(S(=O)(=O)O)C1=O.[H-].[Na+]. The zero-order valence-electron chi connectivity index (χ0n) is 12.7. The van der Waals surface area contributed by atoms with Crippen LogP contribution in [0.15, 0.2) is 17.2 Å². The Bertz CT molecular complexity index is 791. The third-order valence-electron chi connectivity index (χ3n) is 2.82. The zero-order valence-corrected chi connectivity index (χ0v) is 16.0. The van der Waals surface area contributed by atoms with Crippen LogP contribution in [-0.4, -0.2) is 46.2 Å². The Morgan fingerprint density at radius 3 is 2.30 bits per heavy atom. The summed E-state index contributed by atoms with van der Waals surface area (Å²) < 4.78 is 31.6. The fourth-order valence-electron chi connectivity index (χ4n) is 1.77. The monoisotopic (exact) mass is 393 g/mol. The molecule has 0 bridgehead atoms. The van der Waals surface area contributed by atoms with Gasteiger partial charge in [-0.15, -0.1) is 0 Å². The van der Waals surface area contributed by atoms with E-state index in [0.717, 1.165) is 0 Å². The van der Waals surface area contributed by atoms with Crippen LogP contribution in [0.4, 0.5) is 0 Å². The van der Waals surface area contributed by atoms with Crippen LogP contribution in [0.25, 0.3) is 0 Å². The van der Waals surface area contributed by atoms with E-state index in [4.69, 9.17) is 27.8 Å². The number of nitrogens with one attached hydrogen (secondary N) is 1. The normalized spacial score (nSPS) is 17.3. The van der Waals surface area contributed by atoms with Crippen molar-refractivity contribution >= 4 is 45.3 Å². The topological polar surface area (TPSA) is 126 Å². The number of β-lactam (4-membered cyclic amide) rings is 1. The van der Waals surface area contributed by atoms with Crippen LogP contribution in [0.5, 0.6) is 0 Å². The molecule has 1 fully saturated rings. The fraction of sp³-hybridized carbons (Fsp3) is 0.300. The van der Waals surface area contributed by atoms with Crippen molar-refractivity contribution < 1.29 is 53.5 Å². The zero-order chi connectivity index (χ0) is 16.7. The molecule has 1 aromatic rings. The Hall–Kier alpha value is -0.620. The van der Waals surface area contributed by atoms with Crippen molar-refractivity contribution in [2.24, 2.45) is 0 Å². The van der Waals surface area contributed by atoms with Gasteiger partial charge in [0.2, 0.25) is 11.3 Å². The van der Waals surface area contributed by atoms with Crippen molar-refractivity contribution in [1.82, 2.24) is 14.2 Å². The number of amides is 2. The molecule has 2 N–H and O–H groups in total. The Labute approximate surface area is 164 Å². The Morgan fingerprint density at radius 2 is 1.87 bits per heavy atom. The van der Waals surface area contributed by atoms with Gasteiger partial charge in [-0.3, -0.25) is 18.9 Å². The molecule has 1 unspecified atom stereocenters. The van der Waals surface area contributed by atoms with Crippen molar-refractivity contribution in [1.29, 1.82) is 0 Å². The smallest absolute Gasteiger partial charge is 1.00 e. The first-order chi connectivity index (χ1) is 10.1. The van der Waals surface area contributed by atoms with Crippen LogP contribution >= 0.6 is 23.2 Å². The molecule has 1 atom stereocenters. The van der Waals surface area contributed by atoms with Crippen LogP contribution in [0, 0.1) is 0 Å². The summed E-state index contributed by atoms with van der Waals surface area (Å²) in [5.74, 6) is -1.56. The summed E-state index contributed by atoms with van der Waals surface area (Å²) in [7, 11) is -4.60. The molecular formula is C10H10Cl2N3NaO6S. The average Bonchev–Trinajstić information content (AvgIpc) is 2.38. The Kier molecular flexibility index (Phi) is 6.67. The molecule has 13 heteroatoms. The maximum absolute atomic E-state index is 11.7. The molecule has 0 aromatic carbocycles. The summed E-state index contributed by atoms with van der Waals surface area (Å²) in [4.78, 5) is 34.5.